The van der Waals surface area contributed by atoms with Crippen molar-refractivity contribution in [1.82, 2.24) is 20.6 Å². The van der Waals surface area contributed by atoms with Gasteiger partial charge in [0, 0.05) is 18.4 Å². The quantitative estimate of drug-likeness (QED) is 0.504. The summed E-state index contributed by atoms with van der Waals surface area (Å²) in [7, 11) is 1.57. The molecule has 1 amide bonds. The number of aryl methyl sites for hydroxylation is 1. The maximum Gasteiger partial charge on any atom is 0.342 e. The van der Waals surface area contributed by atoms with E-state index in [4.69, 9.17) is 4.74 Å². The number of methoxy groups -OCH3 is 1. The van der Waals surface area contributed by atoms with E-state index in [9.17, 15) is 14.4 Å². The number of nitrogens with zero attached hydrogens (tertiary/aromatic N) is 2. The van der Waals surface area contributed by atoms with Crippen LogP contribution in [-0.4, -0.2) is 33.9 Å². The van der Waals surface area contributed by atoms with Gasteiger partial charge < -0.3 is 4.74 Å². The highest BCUT2D eigenvalue weighted by Crippen LogP contribution is 2.13. The van der Waals surface area contributed by atoms with Crippen molar-refractivity contribution in [1.29, 1.82) is 0 Å². The number of carbonyl (C=O) groups excluding carboxylic acids is 1. The molecule has 1 aromatic carbocycles. The molecule has 0 saturated carbocycles. The third-order valence-electron chi connectivity index (χ3n) is 3.21. The SMILES string of the molecule is COc1cccc(/C(C)=N\NC(=O)CCc2n[nH]c(=O)[nH]c2=O)c1. The summed E-state index contributed by atoms with van der Waals surface area (Å²) < 4.78 is 5.13. The lowest BCUT2D eigenvalue weighted by molar-refractivity contribution is -0.121. The van der Waals surface area contributed by atoms with E-state index in [0.717, 1.165) is 5.56 Å². The molecule has 1 heterocycles. The number of hydrogen-bond acceptors (Lipinski definition) is 6. The van der Waals surface area contributed by atoms with Crippen LogP contribution in [-0.2, 0) is 11.2 Å². The van der Waals surface area contributed by atoms with E-state index in [1.807, 2.05) is 23.2 Å². The highest BCUT2D eigenvalue weighted by Gasteiger charge is 2.07. The average molecular weight is 331 g/mol. The largest absolute Gasteiger partial charge is 0.497 e. The van der Waals surface area contributed by atoms with Gasteiger partial charge in [-0.25, -0.2) is 15.3 Å². The molecule has 0 atom stereocenters. The number of carbonyl (C=O) groups is 1. The number of aromatic amines is 2. The summed E-state index contributed by atoms with van der Waals surface area (Å²) in [5.41, 5.74) is 2.63. The van der Waals surface area contributed by atoms with Gasteiger partial charge in [-0.2, -0.15) is 10.2 Å². The predicted molar refractivity (Wildman–Crippen MR) is 87.1 cm³/mol. The van der Waals surface area contributed by atoms with Gasteiger partial charge in [-0.15, -0.1) is 0 Å². The smallest absolute Gasteiger partial charge is 0.342 e. The zero-order chi connectivity index (χ0) is 17.5. The minimum Gasteiger partial charge on any atom is -0.497 e. The maximum absolute atomic E-state index is 11.8. The van der Waals surface area contributed by atoms with E-state index in [1.54, 1.807) is 20.1 Å². The summed E-state index contributed by atoms with van der Waals surface area (Å²) in [4.78, 5) is 36.2. The first-order valence-corrected chi connectivity index (χ1v) is 7.15. The molecule has 9 nitrogen and oxygen atoms in total. The second-order valence-corrected chi connectivity index (χ2v) is 4.92. The van der Waals surface area contributed by atoms with Crippen molar-refractivity contribution in [2.75, 3.05) is 7.11 Å². The van der Waals surface area contributed by atoms with Crippen LogP contribution in [0.15, 0.2) is 39.0 Å². The molecule has 0 radical (unpaired) electrons. The number of nitrogens with one attached hydrogen (secondary N) is 3. The standard InChI is InChI=1S/C15H17N5O4/c1-9(10-4-3-5-11(8-10)24-2)17-19-13(21)7-6-12-14(22)16-15(23)20-18-12/h3-5,8H,6-7H2,1-2H3,(H,19,21)(H2,16,20,22,23)/b17-9-. The Labute approximate surface area is 136 Å². The molecular weight excluding hydrogens is 314 g/mol. The van der Waals surface area contributed by atoms with Crippen LogP contribution in [0.1, 0.15) is 24.6 Å². The zero-order valence-corrected chi connectivity index (χ0v) is 13.3. The van der Waals surface area contributed by atoms with Crippen LogP contribution in [0.2, 0.25) is 0 Å². The Morgan fingerprint density at radius 3 is 2.88 bits per heavy atom. The summed E-state index contributed by atoms with van der Waals surface area (Å²) in [6, 6.07) is 7.28. The van der Waals surface area contributed by atoms with Crippen LogP contribution < -0.4 is 21.4 Å². The lowest BCUT2D eigenvalue weighted by Crippen LogP contribution is -2.28. The fraction of sp³-hybridized carbons (Fsp3) is 0.267. The minimum atomic E-state index is -0.688. The van der Waals surface area contributed by atoms with Gasteiger partial charge in [0.25, 0.3) is 5.56 Å². The fourth-order valence-electron chi connectivity index (χ4n) is 1.89. The number of hydrazone groups is 1. The normalized spacial score (nSPS) is 11.2. The molecule has 0 bridgehead atoms. The van der Waals surface area contributed by atoms with E-state index in [-0.39, 0.29) is 24.4 Å². The molecular formula is C15H17N5O4. The minimum absolute atomic E-state index is 0.0109. The molecule has 126 valence electrons. The van der Waals surface area contributed by atoms with Crippen molar-refractivity contribution in [3.05, 3.63) is 56.4 Å². The van der Waals surface area contributed by atoms with E-state index < -0.39 is 11.2 Å². The third kappa shape index (κ3) is 4.63. The molecule has 24 heavy (non-hydrogen) atoms. The number of hydrogen-bond donors (Lipinski definition) is 3. The summed E-state index contributed by atoms with van der Waals surface area (Å²) in [6.45, 7) is 1.75. The third-order valence-corrected chi connectivity index (χ3v) is 3.21. The van der Waals surface area contributed by atoms with Gasteiger partial charge in [0.1, 0.15) is 11.4 Å². The Balaban J connectivity index is 1.94. The highest BCUT2D eigenvalue weighted by atomic mass is 16.5. The van der Waals surface area contributed by atoms with Gasteiger partial charge in [0.15, 0.2) is 0 Å². The second-order valence-electron chi connectivity index (χ2n) is 4.92. The van der Waals surface area contributed by atoms with Crippen LogP contribution in [0.3, 0.4) is 0 Å². The molecule has 9 heteroatoms. The van der Waals surface area contributed by atoms with Gasteiger partial charge in [-0.05, 0) is 19.1 Å². The first-order valence-electron chi connectivity index (χ1n) is 7.15. The summed E-state index contributed by atoms with van der Waals surface area (Å²) >= 11 is 0. The molecule has 3 N–H and O–H groups in total. The Bertz CT molecular complexity index is 868. The Morgan fingerprint density at radius 1 is 1.38 bits per heavy atom. The number of amides is 1. The van der Waals surface area contributed by atoms with Crippen LogP contribution in [0, 0.1) is 0 Å². The lowest BCUT2D eigenvalue weighted by Gasteiger charge is -2.05. The molecule has 0 aliphatic rings. The molecule has 2 aromatic rings. The van der Waals surface area contributed by atoms with Crippen LogP contribution >= 0.6 is 0 Å². The molecule has 1 aromatic heterocycles. The Hall–Kier alpha value is -3.23. The maximum atomic E-state index is 11.8. The van der Waals surface area contributed by atoms with Crippen LogP contribution in [0.5, 0.6) is 5.75 Å². The topological polar surface area (TPSA) is 129 Å². The number of H-pyrrole nitrogens is 2. The lowest BCUT2D eigenvalue weighted by atomic mass is 10.1. The van der Waals surface area contributed by atoms with Crippen molar-refractivity contribution in [3.63, 3.8) is 0 Å². The van der Waals surface area contributed by atoms with Crippen molar-refractivity contribution in [2.24, 2.45) is 5.10 Å². The molecule has 0 spiro atoms. The number of ether oxygens (including phenoxy) is 1. The Kier molecular flexibility index (Phi) is 5.61. The van der Waals surface area contributed by atoms with Gasteiger partial charge in [0.2, 0.25) is 5.91 Å². The number of aromatic nitrogens is 3. The predicted octanol–water partition coefficient (Wildman–Crippen LogP) is -0.0602. The molecule has 0 unspecified atom stereocenters. The van der Waals surface area contributed by atoms with Gasteiger partial charge in [-0.1, -0.05) is 12.1 Å². The monoisotopic (exact) mass is 331 g/mol. The van der Waals surface area contributed by atoms with E-state index in [2.05, 4.69) is 20.7 Å². The molecule has 0 aliphatic carbocycles. The van der Waals surface area contributed by atoms with E-state index in [1.165, 1.54) is 0 Å². The molecule has 0 fully saturated rings. The van der Waals surface area contributed by atoms with E-state index >= 15 is 0 Å². The summed E-state index contributed by atoms with van der Waals surface area (Å²) in [5, 5.41) is 9.73. The van der Waals surface area contributed by atoms with Crippen molar-refractivity contribution in [2.45, 2.75) is 19.8 Å². The van der Waals surface area contributed by atoms with Gasteiger partial charge in [0.05, 0.1) is 12.8 Å². The van der Waals surface area contributed by atoms with Gasteiger partial charge in [-0.3, -0.25) is 14.6 Å². The van der Waals surface area contributed by atoms with Crippen LogP contribution in [0.4, 0.5) is 0 Å². The second kappa shape index (κ2) is 7.86. The summed E-state index contributed by atoms with van der Waals surface area (Å²) in [6.07, 6.45) is 0.0999. The highest BCUT2D eigenvalue weighted by molar-refractivity contribution is 5.99. The molecule has 2 rings (SSSR count). The van der Waals surface area contributed by atoms with Crippen molar-refractivity contribution >= 4 is 11.6 Å². The molecule has 0 aliphatic heterocycles. The first kappa shape index (κ1) is 17.1. The van der Waals surface area contributed by atoms with Gasteiger partial charge >= 0.3 is 5.69 Å². The Morgan fingerprint density at radius 2 is 2.17 bits per heavy atom. The van der Waals surface area contributed by atoms with Crippen molar-refractivity contribution in [3.8, 4) is 5.75 Å². The fourth-order valence-corrected chi connectivity index (χ4v) is 1.89. The number of benzene rings is 1. The van der Waals surface area contributed by atoms with Crippen molar-refractivity contribution < 1.29 is 9.53 Å². The zero-order valence-electron chi connectivity index (χ0n) is 13.3. The average Bonchev–Trinajstić information content (AvgIpc) is 2.59. The van der Waals surface area contributed by atoms with Crippen LogP contribution in [0.25, 0.3) is 0 Å². The van der Waals surface area contributed by atoms with E-state index in [0.29, 0.717) is 11.5 Å². The summed E-state index contributed by atoms with van der Waals surface area (Å²) in [5.74, 6) is 0.321. The first-order chi connectivity index (χ1) is 11.5. The number of rotatable bonds is 6. The molecule has 0 saturated heterocycles.